The van der Waals surface area contributed by atoms with Gasteiger partial charge in [0.2, 0.25) is 5.91 Å². The summed E-state index contributed by atoms with van der Waals surface area (Å²) in [6.45, 7) is 6.11. The topological polar surface area (TPSA) is 82.3 Å². The van der Waals surface area contributed by atoms with Gasteiger partial charge in [0.05, 0.1) is 6.61 Å². The van der Waals surface area contributed by atoms with E-state index in [1.165, 1.54) is 17.0 Å². The van der Waals surface area contributed by atoms with Gasteiger partial charge < -0.3 is 10.1 Å². The lowest BCUT2D eigenvalue weighted by Gasteiger charge is -2.14. The molecule has 3 aromatic rings. The van der Waals surface area contributed by atoms with Crippen molar-refractivity contribution in [3.8, 4) is 11.4 Å². The molecular weight excluding hydrogens is 382 g/mol. The van der Waals surface area contributed by atoms with Crippen molar-refractivity contribution >= 4 is 11.6 Å². The maximum atomic E-state index is 12.6. The summed E-state index contributed by atoms with van der Waals surface area (Å²) in [5, 5.41) is 2.87. The summed E-state index contributed by atoms with van der Waals surface area (Å²) in [6, 6.07) is 12.7. The molecule has 0 radical (unpaired) electrons. The second kappa shape index (κ2) is 9.26. The Morgan fingerprint density at radius 1 is 1.00 bits per heavy atom. The van der Waals surface area contributed by atoms with Gasteiger partial charge in [0.1, 0.15) is 12.3 Å². The first kappa shape index (κ1) is 21.1. The molecule has 0 aliphatic carbocycles. The van der Waals surface area contributed by atoms with Crippen LogP contribution in [0.5, 0.6) is 5.75 Å². The molecule has 0 spiro atoms. The number of anilines is 1. The van der Waals surface area contributed by atoms with E-state index < -0.39 is 11.1 Å². The lowest BCUT2D eigenvalue weighted by Crippen LogP contribution is -2.41. The molecule has 0 unspecified atom stereocenters. The number of rotatable bonds is 7. The number of hydrogen-bond donors (Lipinski definition) is 1. The minimum Gasteiger partial charge on any atom is -0.494 e. The van der Waals surface area contributed by atoms with Gasteiger partial charge in [-0.15, -0.1) is 0 Å². The van der Waals surface area contributed by atoms with Crippen molar-refractivity contribution < 1.29 is 9.53 Å². The molecular formula is C23H25N3O4. The van der Waals surface area contributed by atoms with Crippen LogP contribution in [-0.4, -0.2) is 21.6 Å². The Morgan fingerprint density at radius 3 is 2.40 bits per heavy atom. The van der Waals surface area contributed by atoms with Crippen molar-refractivity contribution in [2.45, 2.75) is 33.7 Å². The molecule has 3 rings (SSSR count). The van der Waals surface area contributed by atoms with Crippen LogP contribution in [0.2, 0.25) is 0 Å². The maximum absolute atomic E-state index is 12.6. The van der Waals surface area contributed by atoms with Gasteiger partial charge in [-0.05, 0) is 55.7 Å². The molecule has 0 saturated heterocycles. The van der Waals surface area contributed by atoms with E-state index >= 15 is 0 Å². The van der Waals surface area contributed by atoms with Crippen molar-refractivity contribution in [2.75, 3.05) is 11.9 Å². The molecule has 7 nitrogen and oxygen atoms in total. The average molecular weight is 407 g/mol. The lowest BCUT2D eigenvalue weighted by molar-refractivity contribution is -0.116. The molecule has 156 valence electrons. The Labute approximate surface area is 174 Å². The number of para-hydroxylation sites is 1. The van der Waals surface area contributed by atoms with Crippen LogP contribution in [0.1, 0.15) is 25.0 Å². The molecule has 1 heterocycles. The molecule has 7 heteroatoms. The number of carbonyl (C=O) groups excluding carboxylic acids is 1. The van der Waals surface area contributed by atoms with Crippen LogP contribution in [0.25, 0.3) is 5.69 Å². The monoisotopic (exact) mass is 407 g/mol. The van der Waals surface area contributed by atoms with Crippen LogP contribution >= 0.6 is 0 Å². The summed E-state index contributed by atoms with van der Waals surface area (Å²) in [6.07, 6.45) is 3.70. The first-order valence-electron chi connectivity index (χ1n) is 9.88. The Hall–Kier alpha value is -3.61. The Morgan fingerprint density at radius 2 is 1.73 bits per heavy atom. The molecule has 0 aliphatic rings. The quantitative estimate of drug-likeness (QED) is 0.611. The number of aromatic nitrogens is 2. The van der Waals surface area contributed by atoms with Crippen LogP contribution in [0.15, 0.2) is 64.4 Å². The van der Waals surface area contributed by atoms with E-state index in [4.69, 9.17) is 4.74 Å². The minimum absolute atomic E-state index is 0.240. The molecule has 0 aliphatic heterocycles. The molecule has 2 aromatic carbocycles. The number of amides is 1. The molecule has 0 atom stereocenters. The smallest absolute Gasteiger partial charge is 0.320 e. The molecule has 0 fully saturated rings. The Kier molecular flexibility index (Phi) is 6.51. The first-order valence-corrected chi connectivity index (χ1v) is 9.88. The Balaban J connectivity index is 1.81. The predicted octanol–water partition coefficient (Wildman–Crippen LogP) is 2.91. The molecule has 0 saturated carbocycles. The van der Waals surface area contributed by atoms with Gasteiger partial charge in [-0.2, -0.15) is 0 Å². The zero-order valence-corrected chi connectivity index (χ0v) is 17.3. The molecule has 0 bridgehead atoms. The zero-order chi connectivity index (χ0) is 21.7. The van der Waals surface area contributed by atoms with Gasteiger partial charge in [0, 0.05) is 23.8 Å². The Bertz CT molecular complexity index is 1160. The maximum Gasteiger partial charge on any atom is 0.320 e. The summed E-state index contributed by atoms with van der Waals surface area (Å²) in [4.78, 5) is 37.6. The summed E-state index contributed by atoms with van der Waals surface area (Å²) < 4.78 is 7.76. The number of nitrogens with zero attached hydrogens (tertiary/aromatic N) is 2. The summed E-state index contributed by atoms with van der Waals surface area (Å²) in [5.41, 5.74) is 1.77. The highest BCUT2D eigenvalue weighted by Gasteiger charge is 2.12. The van der Waals surface area contributed by atoms with Crippen LogP contribution in [0.4, 0.5) is 5.69 Å². The van der Waals surface area contributed by atoms with E-state index in [0.717, 1.165) is 27.8 Å². The largest absolute Gasteiger partial charge is 0.494 e. The summed E-state index contributed by atoms with van der Waals surface area (Å²) >= 11 is 0. The van der Waals surface area contributed by atoms with E-state index in [0.29, 0.717) is 18.0 Å². The number of aryl methyl sites for hydroxylation is 2. The average Bonchev–Trinajstić information content (AvgIpc) is 2.74. The summed E-state index contributed by atoms with van der Waals surface area (Å²) in [7, 11) is 0. The van der Waals surface area contributed by atoms with Crippen LogP contribution in [0, 0.1) is 6.92 Å². The first-order chi connectivity index (χ1) is 14.4. The highest BCUT2D eigenvalue weighted by Crippen LogP contribution is 2.21. The van der Waals surface area contributed by atoms with Gasteiger partial charge in [-0.1, -0.05) is 25.1 Å². The van der Waals surface area contributed by atoms with E-state index in [1.54, 1.807) is 24.3 Å². The highest BCUT2D eigenvalue weighted by atomic mass is 16.5. The van der Waals surface area contributed by atoms with Crippen LogP contribution in [0.3, 0.4) is 0 Å². The second-order valence-corrected chi connectivity index (χ2v) is 6.84. The van der Waals surface area contributed by atoms with Crippen molar-refractivity contribution in [3.63, 3.8) is 0 Å². The fraction of sp³-hybridized carbons (Fsp3) is 0.261. The third-order valence-electron chi connectivity index (χ3n) is 4.80. The van der Waals surface area contributed by atoms with E-state index in [2.05, 4.69) is 5.32 Å². The fourth-order valence-electron chi connectivity index (χ4n) is 3.24. The van der Waals surface area contributed by atoms with E-state index in [9.17, 15) is 14.4 Å². The lowest BCUT2D eigenvalue weighted by atomic mass is 10.1. The van der Waals surface area contributed by atoms with Crippen molar-refractivity contribution in [3.05, 3.63) is 86.7 Å². The van der Waals surface area contributed by atoms with Gasteiger partial charge >= 0.3 is 11.1 Å². The van der Waals surface area contributed by atoms with Gasteiger partial charge in [0.25, 0.3) is 0 Å². The number of nitrogens with one attached hydrogen (secondary N) is 1. The molecule has 30 heavy (non-hydrogen) atoms. The number of ether oxygens (including phenoxy) is 1. The van der Waals surface area contributed by atoms with Gasteiger partial charge in [-0.25, -0.2) is 0 Å². The van der Waals surface area contributed by atoms with Crippen molar-refractivity contribution in [2.24, 2.45) is 0 Å². The normalized spacial score (nSPS) is 10.6. The zero-order valence-electron chi connectivity index (χ0n) is 17.3. The standard InChI is InChI=1S/C23H25N3O4/c1-4-17-8-6-7-16(3)21(17)24-20(27)15-25-13-14-26(23(29)22(25)28)18-9-11-19(12-10-18)30-5-2/h6-14H,4-5,15H2,1-3H3,(H,24,27). The van der Waals surface area contributed by atoms with Crippen molar-refractivity contribution in [1.29, 1.82) is 0 Å². The number of carbonyl (C=O) groups is 1. The van der Waals surface area contributed by atoms with Gasteiger partial charge in [-0.3, -0.25) is 23.5 Å². The van der Waals surface area contributed by atoms with Crippen molar-refractivity contribution in [1.82, 2.24) is 9.13 Å². The van der Waals surface area contributed by atoms with E-state index in [-0.39, 0.29) is 12.5 Å². The third-order valence-corrected chi connectivity index (χ3v) is 4.80. The van der Waals surface area contributed by atoms with E-state index in [1.807, 2.05) is 39.0 Å². The fourth-order valence-corrected chi connectivity index (χ4v) is 3.24. The summed E-state index contributed by atoms with van der Waals surface area (Å²) in [5.74, 6) is 0.321. The molecule has 1 N–H and O–H groups in total. The SMILES string of the molecule is CCOc1ccc(-n2ccn(CC(=O)Nc3c(C)cccc3CC)c(=O)c2=O)cc1. The van der Waals surface area contributed by atoms with Crippen LogP contribution in [-0.2, 0) is 17.8 Å². The molecule has 1 amide bonds. The highest BCUT2D eigenvalue weighted by molar-refractivity contribution is 5.92. The second-order valence-electron chi connectivity index (χ2n) is 6.84. The number of hydrogen-bond acceptors (Lipinski definition) is 4. The minimum atomic E-state index is -0.762. The third kappa shape index (κ3) is 4.51. The van der Waals surface area contributed by atoms with Crippen LogP contribution < -0.4 is 21.2 Å². The molecule has 1 aromatic heterocycles. The number of benzene rings is 2. The van der Waals surface area contributed by atoms with Gasteiger partial charge in [0.15, 0.2) is 0 Å². The predicted molar refractivity (Wildman–Crippen MR) is 117 cm³/mol.